The third kappa shape index (κ3) is 2.59. The van der Waals surface area contributed by atoms with E-state index in [-0.39, 0.29) is 28.0 Å². The highest BCUT2D eigenvalue weighted by molar-refractivity contribution is 9.10. The minimum absolute atomic E-state index is 0.120. The molecule has 1 saturated carbocycles. The lowest BCUT2D eigenvalue weighted by Crippen LogP contribution is -2.14. The molecule has 1 N–H and O–H groups in total. The molecule has 0 saturated heterocycles. The van der Waals surface area contributed by atoms with Crippen LogP contribution in [0.2, 0.25) is 0 Å². The fourth-order valence-corrected chi connectivity index (χ4v) is 2.33. The highest BCUT2D eigenvalue weighted by atomic mass is 79.9. The van der Waals surface area contributed by atoms with E-state index in [2.05, 4.69) is 15.9 Å². The molecule has 17 heavy (non-hydrogen) atoms. The third-order valence-corrected chi connectivity index (χ3v) is 3.59. The van der Waals surface area contributed by atoms with Crippen LogP contribution in [0.4, 0.5) is 4.39 Å². The zero-order chi connectivity index (χ0) is 12.4. The van der Waals surface area contributed by atoms with Crippen LogP contribution in [0.1, 0.15) is 24.8 Å². The number of benzene rings is 1. The minimum Gasteiger partial charge on any atom is -0.487 e. The van der Waals surface area contributed by atoms with Crippen LogP contribution in [-0.4, -0.2) is 17.3 Å². The van der Waals surface area contributed by atoms with E-state index < -0.39 is 5.82 Å². The van der Waals surface area contributed by atoms with Gasteiger partial charge in [-0.3, -0.25) is 0 Å². The van der Waals surface area contributed by atoms with Gasteiger partial charge in [-0.05, 0) is 40.9 Å². The predicted octanol–water partition coefficient (Wildman–Crippen LogP) is 2.75. The van der Waals surface area contributed by atoms with Crippen LogP contribution in [0, 0.1) is 17.1 Å². The summed E-state index contributed by atoms with van der Waals surface area (Å²) in [6.45, 7) is 0. The summed E-state index contributed by atoms with van der Waals surface area (Å²) in [6.07, 6.45) is 1.42. The Morgan fingerprint density at radius 1 is 1.47 bits per heavy atom. The number of nitriles is 1. The van der Waals surface area contributed by atoms with Crippen LogP contribution < -0.4 is 4.74 Å². The SMILES string of the molecule is N#Cc1ccc(O[C@H]2CC[C@@H](O)C2)c(F)c1Br. The van der Waals surface area contributed by atoms with Crippen molar-refractivity contribution in [3.63, 3.8) is 0 Å². The number of nitrogens with zero attached hydrogens (tertiary/aromatic N) is 1. The first kappa shape index (κ1) is 12.3. The lowest BCUT2D eigenvalue weighted by molar-refractivity contribution is 0.147. The summed E-state index contributed by atoms with van der Waals surface area (Å²) >= 11 is 3.03. The molecule has 5 heteroatoms. The van der Waals surface area contributed by atoms with E-state index in [0.717, 1.165) is 6.42 Å². The summed E-state index contributed by atoms with van der Waals surface area (Å²) in [5.74, 6) is -0.444. The third-order valence-electron chi connectivity index (χ3n) is 2.82. The molecule has 0 heterocycles. The number of halogens is 2. The van der Waals surface area contributed by atoms with Gasteiger partial charge in [0.1, 0.15) is 12.2 Å². The van der Waals surface area contributed by atoms with E-state index in [1.807, 2.05) is 6.07 Å². The Labute approximate surface area is 107 Å². The maximum Gasteiger partial charge on any atom is 0.180 e. The second-order valence-corrected chi connectivity index (χ2v) is 4.85. The van der Waals surface area contributed by atoms with E-state index in [4.69, 9.17) is 10.00 Å². The number of ether oxygens (including phenoxy) is 1. The van der Waals surface area contributed by atoms with Crippen LogP contribution in [0.3, 0.4) is 0 Å². The van der Waals surface area contributed by atoms with Crippen molar-refractivity contribution in [2.45, 2.75) is 31.5 Å². The predicted molar refractivity (Wildman–Crippen MR) is 63.1 cm³/mol. The molecule has 90 valence electrons. The number of hydrogen-bond donors (Lipinski definition) is 1. The molecule has 0 bridgehead atoms. The van der Waals surface area contributed by atoms with Gasteiger partial charge in [0.25, 0.3) is 0 Å². The number of aliphatic hydroxyl groups is 1. The Hall–Kier alpha value is -1.12. The smallest absolute Gasteiger partial charge is 0.180 e. The monoisotopic (exact) mass is 299 g/mol. The van der Waals surface area contributed by atoms with Gasteiger partial charge in [-0.1, -0.05) is 0 Å². The van der Waals surface area contributed by atoms with Crippen molar-refractivity contribution in [1.82, 2.24) is 0 Å². The minimum atomic E-state index is -0.564. The Bertz CT molecular complexity index is 472. The van der Waals surface area contributed by atoms with Crippen LogP contribution in [-0.2, 0) is 0 Å². The van der Waals surface area contributed by atoms with Crippen LogP contribution in [0.25, 0.3) is 0 Å². The molecule has 2 rings (SSSR count). The van der Waals surface area contributed by atoms with Gasteiger partial charge in [-0.15, -0.1) is 0 Å². The fourth-order valence-electron chi connectivity index (χ4n) is 1.91. The molecule has 0 unspecified atom stereocenters. The van der Waals surface area contributed by atoms with Gasteiger partial charge in [0.2, 0.25) is 0 Å². The van der Waals surface area contributed by atoms with Crippen LogP contribution in [0.5, 0.6) is 5.75 Å². The van der Waals surface area contributed by atoms with E-state index in [9.17, 15) is 9.50 Å². The summed E-state index contributed by atoms with van der Waals surface area (Å²) < 4.78 is 19.4. The van der Waals surface area contributed by atoms with Crippen molar-refractivity contribution in [2.24, 2.45) is 0 Å². The first-order chi connectivity index (χ1) is 8.11. The Morgan fingerprint density at radius 3 is 2.82 bits per heavy atom. The molecule has 0 aliphatic heterocycles. The molecule has 0 spiro atoms. The first-order valence-electron chi connectivity index (χ1n) is 5.34. The van der Waals surface area contributed by atoms with E-state index in [1.54, 1.807) is 0 Å². The first-order valence-corrected chi connectivity index (χ1v) is 6.14. The van der Waals surface area contributed by atoms with E-state index >= 15 is 0 Å². The van der Waals surface area contributed by atoms with Crippen LogP contribution >= 0.6 is 15.9 Å². The molecule has 0 aromatic heterocycles. The molecule has 3 nitrogen and oxygen atoms in total. The molecule has 1 aliphatic rings. The van der Waals surface area contributed by atoms with Gasteiger partial charge in [0.05, 0.1) is 16.1 Å². The molecule has 0 amide bonds. The number of hydrogen-bond acceptors (Lipinski definition) is 3. The van der Waals surface area contributed by atoms with E-state index in [0.29, 0.717) is 12.8 Å². The maximum absolute atomic E-state index is 13.8. The van der Waals surface area contributed by atoms with Crippen molar-refractivity contribution in [1.29, 1.82) is 5.26 Å². The molecule has 1 fully saturated rings. The Morgan fingerprint density at radius 2 is 2.24 bits per heavy atom. The van der Waals surface area contributed by atoms with Crippen LogP contribution in [0.15, 0.2) is 16.6 Å². The highest BCUT2D eigenvalue weighted by Gasteiger charge is 2.25. The van der Waals surface area contributed by atoms with Crippen molar-refractivity contribution in [3.8, 4) is 11.8 Å². The van der Waals surface area contributed by atoms with Gasteiger partial charge in [-0.2, -0.15) is 5.26 Å². The Kier molecular flexibility index (Phi) is 3.65. The zero-order valence-corrected chi connectivity index (χ0v) is 10.6. The highest BCUT2D eigenvalue weighted by Crippen LogP contribution is 2.31. The van der Waals surface area contributed by atoms with Gasteiger partial charge in [-0.25, -0.2) is 4.39 Å². The number of aliphatic hydroxyl groups excluding tert-OH is 1. The average Bonchev–Trinajstić information content (AvgIpc) is 2.71. The van der Waals surface area contributed by atoms with Crippen molar-refractivity contribution in [3.05, 3.63) is 28.0 Å². The standard InChI is InChI=1S/C12H11BrFNO2/c13-11-7(6-15)1-4-10(12(11)14)17-9-3-2-8(16)5-9/h1,4,8-9,16H,2-3,5H2/t8-,9+/m1/s1. The normalized spacial score (nSPS) is 23.4. The number of rotatable bonds is 2. The molecule has 1 aromatic rings. The zero-order valence-electron chi connectivity index (χ0n) is 8.99. The lowest BCUT2D eigenvalue weighted by Gasteiger charge is -2.14. The topological polar surface area (TPSA) is 53.2 Å². The van der Waals surface area contributed by atoms with Crippen molar-refractivity contribution in [2.75, 3.05) is 0 Å². The van der Waals surface area contributed by atoms with Crippen molar-refractivity contribution < 1.29 is 14.2 Å². The summed E-state index contributed by atoms with van der Waals surface area (Å²) in [5.41, 5.74) is 0.237. The second kappa shape index (κ2) is 5.03. The molecular formula is C12H11BrFNO2. The lowest BCUT2D eigenvalue weighted by atomic mass is 10.2. The second-order valence-electron chi connectivity index (χ2n) is 4.06. The van der Waals surface area contributed by atoms with Gasteiger partial charge in [0, 0.05) is 6.42 Å². The van der Waals surface area contributed by atoms with Gasteiger partial charge >= 0.3 is 0 Å². The summed E-state index contributed by atoms with van der Waals surface area (Å²) in [4.78, 5) is 0. The average molecular weight is 300 g/mol. The molecule has 2 atom stereocenters. The maximum atomic E-state index is 13.8. The Balaban J connectivity index is 2.17. The van der Waals surface area contributed by atoms with Gasteiger partial charge < -0.3 is 9.84 Å². The molecule has 1 aliphatic carbocycles. The fraction of sp³-hybridized carbons (Fsp3) is 0.417. The van der Waals surface area contributed by atoms with Gasteiger partial charge in [0.15, 0.2) is 11.6 Å². The molecular weight excluding hydrogens is 289 g/mol. The summed E-state index contributed by atoms with van der Waals surface area (Å²) in [6, 6.07) is 4.84. The molecule has 0 radical (unpaired) electrons. The summed E-state index contributed by atoms with van der Waals surface area (Å²) in [7, 11) is 0. The quantitative estimate of drug-likeness (QED) is 0.913. The molecule has 1 aromatic carbocycles. The largest absolute Gasteiger partial charge is 0.487 e. The van der Waals surface area contributed by atoms with E-state index in [1.165, 1.54) is 12.1 Å². The summed E-state index contributed by atoms with van der Waals surface area (Å²) in [5, 5.41) is 18.1. The van der Waals surface area contributed by atoms with Crippen molar-refractivity contribution >= 4 is 15.9 Å².